The fourth-order valence-corrected chi connectivity index (χ4v) is 4.03. The summed E-state index contributed by atoms with van der Waals surface area (Å²) in [6.07, 6.45) is 0. The standard InChI is InChI=1S/C13H10F2S2.C6H5FS.CH3F/c14-10-3-1-5-12(7-10)16-9-17-13-6-2-4-11(15)8-13;7-5-2-1-3-6(8)4-5;1-2/h1-8H,9H2;1-4,8H;1H3/i;;1D. The van der Waals surface area contributed by atoms with Gasteiger partial charge in [-0.1, -0.05) is 18.2 Å². The molecule has 3 rings (SSSR count). The summed E-state index contributed by atoms with van der Waals surface area (Å²) in [5.41, 5.74) is 0. The SMILES string of the molecule is Fc1cccc(S)c1.Fc1cccc(SCSc2cccc(F)c2)c1.[2H]CF. The molecule has 0 unspecified atom stereocenters. The molecule has 0 atom stereocenters. The summed E-state index contributed by atoms with van der Waals surface area (Å²) in [5, 5.41) is 0.729. The van der Waals surface area contributed by atoms with Crippen LogP contribution in [0.2, 0.25) is 0 Å². The molecule has 0 spiro atoms. The number of hydrogen-bond donors (Lipinski definition) is 1. The van der Waals surface area contributed by atoms with E-state index in [0.717, 1.165) is 14.9 Å². The van der Waals surface area contributed by atoms with Gasteiger partial charge in [0.2, 0.25) is 0 Å². The largest absolute Gasteiger partial charge is 0.255 e. The van der Waals surface area contributed by atoms with Crippen molar-refractivity contribution in [2.75, 3.05) is 12.2 Å². The summed E-state index contributed by atoms with van der Waals surface area (Å²) in [6, 6.07) is 19.0. The third-order valence-corrected chi connectivity index (χ3v) is 5.25. The van der Waals surface area contributed by atoms with E-state index in [-0.39, 0.29) is 17.5 Å². The van der Waals surface area contributed by atoms with Gasteiger partial charge in [-0.2, -0.15) is 0 Å². The van der Waals surface area contributed by atoms with Crippen molar-refractivity contribution in [3.63, 3.8) is 0 Å². The molecule has 144 valence electrons. The van der Waals surface area contributed by atoms with Gasteiger partial charge in [-0.3, -0.25) is 4.39 Å². The van der Waals surface area contributed by atoms with Crippen molar-refractivity contribution in [2.45, 2.75) is 14.7 Å². The molecule has 3 aromatic carbocycles. The zero-order valence-electron chi connectivity index (χ0n) is 15.1. The van der Waals surface area contributed by atoms with Crippen LogP contribution in [0.5, 0.6) is 0 Å². The summed E-state index contributed by atoms with van der Waals surface area (Å²) < 4.78 is 53.4. The second-order valence-corrected chi connectivity index (χ2v) is 7.78. The van der Waals surface area contributed by atoms with Crippen molar-refractivity contribution in [3.05, 3.63) is 90.2 Å². The quantitative estimate of drug-likeness (QED) is 0.196. The maximum Gasteiger partial charge on any atom is 0.124 e. The minimum atomic E-state index is -1.00. The Morgan fingerprint density at radius 2 is 1.19 bits per heavy atom. The number of thioether (sulfide) groups is 2. The van der Waals surface area contributed by atoms with Gasteiger partial charge >= 0.3 is 0 Å². The lowest BCUT2D eigenvalue weighted by Crippen LogP contribution is -1.79. The van der Waals surface area contributed by atoms with E-state index < -0.39 is 7.15 Å². The lowest BCUT2D eigenvalue weighted by molar-refractivity contribution is 0.624. The Kier molecular flexibility index (Phi) is 10.9. The van der Waals surface area contributed by atoms with Crippen LogP contribution in [0.15, 0.2) is 87.5 Å². The molecule has 0 amide bonds. The highest BCUT2D eigenvalue weighted by molar-refractivity contribution is 8.16. The monoisotopic (exact) mass is 431 g/mol. The Morgan fingerprint density at radius 1 is 0.778 bits per heavy atom. The number of thiol groups is 1. The van der Waals surface area contributed by atoms with Gasteiger partial charge < -0.3 is 0 Å². The van der Waals surface area contributed by atoms with Gasteiger partial charge in [-0.25, -0.2) is 13.2 Å². The molecule has 0 saturated heterocycles. The third-order valence-electron chi connectivity index (χ3n) is 2.85. The molecule has 0 aromatic heterocycles. The van der Waals surface area contributed by atoms with Crippen LogP contribution in [-0.2, 0) is 0 Å². The van der Waals surface area contributed by atoms with Crippen molar-refractivity contribution in [1.29, 1.82) is 0 Å². The highest BCUT2D eigenvalue weighted by atomic mass is 32.2. The predicted octanol–water partition coefficient (Wildman–Crippen LogP) is 7.51. The number of halogens is 4. The lowest BCUT2D eigenvalue weighted by atomic mass is 10.4. The molecule has 3 aromatic rings. The van der Waals surface area contributed by atoms with E-state index in [2.05, 4.69) is 12.6 Å². The number of hydrogen-bond acceptors (Lipinski definition) is 3. The molecular weight excluding hydrogens is 412 g/mol. The minimum Gasteiger partial charge on any atom is -0.255 e. The molecule has 0 saturated carbocycles. The fourth-order valence-electron chi connectivity index (χ4n) is 1.76. The van der Waals surface area contributed by atoms with E-state index in [1.807, 2.05) is 12.1 Å². The van der Waals surface area contributed by atoms with Crippen LogP contribution in [0.1, 0.15) is 1.37 Å². The van der Waals surface area contributed by atoms with E-state index in [1.54, 1.807) is 24.3 Å². The van der Waals surface area contributed by atoms with Gasteiger partial charge in [-0.15, -0.1) is 36.2 Å². The number of rotatable bonds is 4. The van der Waals surface area contributed by atoms with E-state index in [0.29, 0.717) is 4.90 Å². The van der Waals surface area contributed by atoms with Crippen molar-refractivity contribution >= 4 is 36.2 Å². The molecule has 0 aliphatic carbocycles. The van der Waals surface area contributed by atoms with E-state index in [4.69, 9.17) is 1.37 Å². The first-order valence-corrected chi connectivity index (χ1v) is 9.93. The number of alkyl halides is 1. The molecule has 0 nitrogen and oxygen atoms in total. The lowest BCUT2D eigenvalue weighted by Gasteiger charge is -2.02. The van der Waals surface area contributed by atoms with E-state index in [9.17, 15) is 17.6 Å². The fraction of sp³-hybridized carbons (Fsp3) is 0.100. The third kappa shape index (κ3) is 10.4. The first-order chi connectivity index (χ1) is 13.4. The van der Waals surface area contributed by atoms with E-state index >= 15 is 0 Å². The Morgan fingerprint density at radius 3 is 1.52 bits per heavy atom. The first kappa shape index (κ1) is 21.7. The van der Waals surface area contributed by atoms with Crippen molar-refractivity contribution in [2.24, 2.45) is 0 Å². The Hall–Kier alpha value is -1.57. The van der Waals surface area contributed by atoms with Crippen LogP contribution < -0.4 is 0 Å². The Labute approximate surface area is 172 Å². The summed E-state index contributed by atoms with van der Waals surface area (Å²) in [6.45, 7) is 0. The van der Waals surface area contributed by atoms with Crippen molar-refractivity contribution in [3.8, 4) is 0 Å². The van der Waals surface area contributed by atoms with Gasteiger partial charge in [0.05, 0.1) is 8.52 Å². The van der Waals surface area contributed by atoms with Gasteiger partial charge in [-0.05, 0) is 54.6 Å². The first-order valence-electron chi connectivity index (χ1n) is 8.21. The van der Waals surface area contributed by atoms with Crippen molar-refractivity contribution in [1.82, 2.24) is 0 Å². The van der Waals surface area contributed by atoms with Gasteiger partial charge in [0.25, 0.3) is 0 Å². The zero-order valence-corrected chi connectivity index (χ0v) is 16.6. The molecule has 0 fully saturated rings. The van der Waals surface area contributed by atoms with Crippen LogP contribution in [0, 0.1) is 17.5 Å². The second kappa shape index (κ2) is 13.6. The molecule has 0 aliphatic rings. The maximum atomic E-state index is 12.9. The molecule has 27 heavy (non-hydrogen) atoms. The smallest absolute Gasteiger partial charge is 0.124 e. The van der Waals surface area contributed by atoms with E-state index in [1.165, 1.54) is 59.9 Å². The topological polar surface area (TPSA) is 0 Å². The van der Waals surface area contributed by atoms with Crippen LogP contribution in [-0.4, -0.2) is 12.2 Å². The average molecular weight is 432 g/mol. The summed E-state index contributed by atoms with van der Waals surface area (Å²) in [4.78, 5) is 2.42. The van der Waals surface area contributed by atoms with Gasteiger partial charge in [0, 0.05) is 19.8 Å². The minimum absolute atomic E-state index is 0.231. The molecule has 0 bridgehead atoms. The summed E-state index contributed by atoms with van der Waals surface area (Å²) in [7, 11) is -1.00. The molecule has 0 radical (unpaired) electrons. The summed E-state index contributed by atoms with van der Waals surface area (Å²) >= 11 is 6.99. The normalized spacial score (nSPS) is 10.0. The molecule has 0 aliphatic heterocycles. The Balaban J connectivity index is 0.000000296. The highest BCUT2D eigenvalue weighted by Gasteiger charge is 1.99. The van der Waals surface area contributed by atoms with Gasteiger partial charge in [0.15, 0.2) is 0 Å². The predicted molar refractivity (Wildman–Crippen MR) is 110 cm³/mol. The molecule has 7 heteroatoms. The van der Waals surface area contributed by atoms with Crippen LogP contribution >= 0.6 is 36.2 Å². The molecule has 0 heterocycles. The molecular formula is C20H18F4S3. The van der Waals surface area contributed by atoms with Gasteiger partial charge in [0.1, 0.15) is 17.5 Å². The molecule has 0 N–H and O–H groups in total. The maximum absolute atomic E-state index is 12.9. The van der Waals surface area contributed by atoms with Crippen molar-refractivity contribution < 1.29 is 18.9 Å². The summed E-state index contributed by atoms with van der Waals surface area (Å²) in [5.74, 6) is -0.700. The number of benzene rings is 3. The second-order valence-electron chi connectivity index (χ2n) is 4.80. The van der Waals surface area contributed by atoms with Crippen LogP contribution in [0.4, 0.5) is 17.6 Å². The zero-order chi connectivity index (χ0) is 20.8. The highest BCUT2D eigenvalue weighted by Crippen LogP contribution is 2.28. The average Bonchev–Trinajstić information content (AvgIpc) is 2.63. The van der Waals surface area contributed by atoms with Crippen LogP contribution in [0.3, 0.4) is 0 Å². The van der Waals surface area contributed by atoms with Crippen LogP contribution in [0.25, 0.3) is 0 Å². The Bertz CT molecular complexity index is 771.